The summed E-state index contributed by atoms with van der Waals surface area (Å²) in [5.74, 6) is 0. The first-order valence-electron chi connectivity index (χ1n) is 3.30. The third-order valence-corrected chi connectivity index (χ3v) is 2.55. The Morgan fingerprint density at radius 3 is 2.17 bits per heavy atom. The molecule has 64 valence electrons. The van der Waals surface area contributed by atoms with E-state index >= 15 is 0 Å². The van der Waals surface area contributed by atoms with E-state index in [0.717, 1.165) is 5.56 Å². The van der Waals surface area contributed by atoms with Crippen LogP contribution in [0.15, 0.2) is 24.3 Å². The van der Waals surface area contributed by atoms with Crippen molar-refractivity contribution in [3.05, 3.63) is 35.4 Å². The first-order valence-corrected chi connectivity index (χ1v) is 4.75. The molecule has 2 nitrogen and oxygen atoms in total. The zero-order valence-corrected chi connectivity index (χ0v) is 7.98. The summed E-state index contributed by atoms with van der Waals surface area (Å²) < 4.78 is 20.7. The smallest absolute Gasteiger partial charge is 0.183 e. The van der Waals surface area contributed by atoms with Crippen LogP contribution in [0, 0.1) is 6.92 Å². The average Bonchev–Trinajstić information content (AvgIpc) is 2.04. The van der Waals surface area contributed by atoms with Crippen LogP contribution in [-0.2, 0) is 10.3 Å². The molecular formula is C8H7ClO2S. The topological polar surface area (TPSA) is 34.1 Å². The van der Waals surface area contributed by atoms with Gasteiger partial charge in [-0.05, 0) is 6.92 Å². The number of benzene rings is 1. The van der Waals surface area contributed by atoms with Gasteiger partial charge in [0.25, 0.3) is 0 Å². The molecule has 4 heteroatoms. The van der Waals surface area contributed by atoms with Gasteiger partial charge in [-0.3, -0.25) is 0 Å². The van der Waals surface area contributed by atoms with E-state index in [0.29, 0.717) is 5.56 Å². The van der Waals surface area contributed by atoms with Gasteiger partial charge in [0.2, 0.25) is 10.3 Å². The lowest BCUT2D eigenvalue weighted by Gasteiger charge is -1.94. The number of aryl methyl sites for hydroxylation is 1. The quantitative estimate of drug-likeness (QED) is 0.512. The maximum Gasteiger partial charge on any atom is 0.233 e. The number of hydrogen-bond acceptors (Lipinski definition) is 2. The highest BCUT2D eigenvalue weighted by atomic mass is 35.5. The summed E-state index contributed by atoms with van der Waals surface area (Å²) in [7, 11) is -2.34. The van der Waals surface area contributed by atoms with Crippen LogP contribution in [0.25, 0.3) is 0 Å². The molecule has 0 heterocycles. The van der Waals surface area contributed by atoms with E-state index in [1.54, 1.807) is 12.1 Å². The molecule has 0 saturated heterocycles. The van der Waals surface area contributed by atoms with Crippen LogP contribution < -0.4 is 0 Å². The molecule has 0 aliphatic carbocycles. The number of halogens is 1. The van der Waals surface area contributed by atoms with Gasteiger partial charge in [-0.1, -0.05) is 41.4 Å². The SMILES string of the molecule is Cc1ccc(C(Cl)=S(=O)=O)cc1. The van der Waals surface area contributed by atoms with Gasteiger partial charge >= 0.3 is 0 Å². The Balaban J connectivity index is 3.24. The summed E-state index contributed by atoms with van der Waals surface area (Å²) in [4.78, 5) is 0. The molecule has 0 amide bonds. The molecule has 0 unspecified atom stereocenters. The van der Waals surface area contributed by atoms with Gasteiger partial charge in [-0.15, -0.1) is 0 Å². The van der Waals surface area contributed by atoms with E-state index in [1.807, 2.05) is 19.1 Å². The van der Waals surface area contributed by atoms with Crippen LogP contribution in [0.2, 0.25) is 0 Å². The Labute approximate surface area is 77.3 Å². The van der Waals surface area contributed by atoms with Crippen LogP contribution in [0.5, 0.6) is 0 Å². The van der Waals surface area contributed by atoms with E-state index in [2.05, 4.69) is 0 Å². The summed E-state index contributed by atoms with van der Waals surface area (Å²) in [5, 5.41) is 0. The van der Waals surface area contributed by atoms with Gasteiger partial charge in [0.05, 0.1) is 0 Å². The van der Waals surface area contributed by atoms with Crippen LogP contribution in [0.1, 0.15) is 11.1 Å². The van der Waals surface area contributed by atoms with Crippen LogP contribution in [0.3, 0.4) is 0 Å². The molecule has 0 spiro atoms. The highest BCUT2D eigenvalue weighted by molar-refractivity contribution is 7.76. The van der Waals surface area contributed by atoms with Gasteiger partial charge in [0, 0.05) is 5.56 Å². The second-order valence-corrected chi connectivity index (χ2v) is 3.85. The monoisotopic (exact) mass is 202 g/mol. The van der Waals surface area contributed by atoms with Crippen LogP contribution in [-0.4, -0.2) is 12.7 Å². The van der Waals surface area contributed by atoms with Crippen molar-refractivity contribution in [2.75, 3.05) is 0 Å². The average molecular weight is 203 g/mol. The summed E-state index contributed by atoms with van der Waals surface area (Å²) >= 11 is 5.50. The summed E-state index contributed by atoms with van der Waals surface area (Å²) in [6, 6.07) is 6.97. The summed E-state index contributed by atoms with van der Waals surface area (Å²) in [6.07, 6.45) is 0. The predicted octanol–water partition coefficient (Wildman–Crippen LogP) is 1.59. The molecule has 1 aromatic carbocycles. The van der Waals surface area contributed by atoms with E-state index in [4.69, 9.17) is 11.6 Å². The van der Waals surface area contributed by atoms with Crippen molar-refractivity contribution in [2.45, 2.75) is 6.92 Å². The van der Waals surface area contributed by atoms with Gasteiger partial charge in [-0.2, -0.15) is 8.42 Å². The van der Waals surface area contributed by atoms with Gasteiger partial charge in [0.1, 0.15) is 0 Å². The van der Waals surface area contributed by atoms with E-state index in [9.17, 15) is 8.42 Å². The van der Waals surface area contributed by atoms with Gasteiger partial charge in [0.15, 0.2) is 4.32 Å². The molecule has 1 rings (SSSR count). The highest BCUT2D eigenvalue weighted by Gasteiger charge is 1.99. The van der Waals surface area contributed by atoms with Crippen LogP contribution >= 0.6 is 11.6 Å². The third-order valence-electron chi connectivity index (χ3n) is 1.42. The van der Waals surface area contributed by atoms with E-state index in [-0.39, 0.29) is 4.32 Å². The van der Waals surface area contributed by atoms with Crippen molar-refractivity contribution in [3.8, 4) is 0 Å². The van der Waals surface area contributed by atoms with Gasteiger partial charge in [-0.25, -0.2) is 0 Å². The number of hydrogen-bond donors (Lipinski definition) is 0. The minimum Gasteiger partial charge on any atom is -0.183 e. The Kier molecular flexibility index (Phi) is 2.89. The van der Waals surface area contributed by atoms with Crippen molar-refractivity contribution in [3.63, 3.8) is 0 Å². The molecule has 0 radical (unpaired) electrons. The van der Waals surface area contributed by atoms with Crippen LogP contribution in [0.4, 0.5) is 0 Å². The molecule has 12 heavy (non-hydrogen) atoms. The lowest BCUT2D eigenvalue weighted by molar-refractivity contribution is 0.627. The molecule has 0 aliphatic heterocycles. The Morgan fingerprint density at radius 2 is 1.75 bits per heavy atom. The minimum atomic E-state index is -2.34. The molecule has 0 N–H and O–H groups in total. The zero-order valence-electron chi connectivity index (χ0n) is 6.41. The first kappa shape index (κ1) is 9.29. The fourth-order valence-electron chi connectivity index (χ4n) is 0.781. The summed E-state index contributed by atoms with van der Waals surface area (Å²) in [6.45, 7) is 1.92. The second kappa shape index (κ2) is 3.74. The van der Waals surface area contributed by atoms with Crippen molar-refractivity contribution >= 4 is 26.2 Å². The Morgan fingerprint density at radius 1 is 1.25 bits per heavy atom. The fraction of sp³-hybridized carbons (Fsp3) is 0.125. The third kappa shape index (κ3) is 2.09. The lowest BCUT2D eigenvalue weighted by atomic mass is 10.2. The maximum absolute atomic E-state index is 10.4. The second-order valence-electron chi connectivity index (χ2n) is 2.37. The molecule has 0 atom stereocenters. The van der Waals surface area contributed by atoms with Crippen molar-refractivity contribution in [1.29, 1.82) is 0 Å². The van der Waals surface area contributed by atoms with E-state index in [1.165, 1.54) is 0 Å². The summed E-state index contributed by atoms with van der Waals surface area (Å²) in [5.41, 5.74) is 1.59. The standard InChI is InChI=1S/C8H7ClO2S/c1-6-2-4-7(5-3-6)8(9)12(10)11/h2-5H,1H3. The van der Waals surface area contributed by atoms with Crippen molar-refractivity contribution in [1.82, 2.24) is 0 Å². The molecule has 0 aliphatic rings. The predicted molar refractivity (Wildman–Crippen MR) is 50.1 cm³/mol. The highest BCUT2D eigenvalue weighted by Crippen LogP contribution is 2.05. The first-order chi connectivity index (χ1) is 5.61. The molecular weight excluding hydrogens is 196 g/mol. The molecule has 1 aromatic rings. The van der Waals surface area contributed by atoms with E-state index < -0.39 is 10.3 Å². The van der Waals surface area contributed by atoms with Crippen molar-refractivity contribution in [2.24, 2.45) is 0 Å². The fourth-order valence-corrected chi connectivity index (χ4v) is 1.24. The van der Waals surface area contributed by atoms with Crippen molar-refractivity contribution < 1.29 is 8.42 Å². The minimum absolute atomic E-state index is 0.144. The lowest BCUT2D eigenvalue weighted by Crippen LogP contribution is -1.91. The maximum atomic E-state index is 10.4. The Bertz CT molecular complexity index is 395. The number of rotatable bonds is 1. The molecule has 0 saturated carbocycles. The van der Waals surface area contributed by atoms with Gasteiger partial charge < -0.3 is 0 Å². The molecule has 0 aromatic heterocycles. The Hall–Kier alpha value is -0.800. The molecule has 0 fully saturated rings. The zero-order chi connectivity index (χ0) is 9.14. The molecule has 0 bridgehead atoms. The largest absolute Gasteiger partial charge is 0.233 e. The normalized spacial score (nSPS) is 9.50.